The maximum atomic E-state index is 12.4. The van der Waals surface area contributed by atoms with E-state index in [1.54, 1.807) is 24.1 Å². The zero-order chi connectivity index (χ0) is 22.8. The third-order valence-electron chi connectivity index (χ3n) is 5.67. The SMILES string of the molecule is CCCCN(C)C(=O)CC/C(=C(/N)c1ccc(OC2CCCCC2)c(C#N)n1)N(C)N. The zero-order valence-electron chi connectivity index (χ0n) is 19.1. The van der Waals surface area contributed by atoms with E-state index in [2.05, 4.69) is 18.0 Å². The number of nitrogens with zero attached hydrogens (tertiary/aromatic N) is 4. The van der Waals surface area contributed by atoms with Gasteiger partial charge in [0.15, 0.2) is 11.4 Å². The first-order chi connectivity index (χ1) is 14.9. The second-order valence-electron chi connectivity index (χ2n) is 8.17. The first-order valence-electron chi connectivity index (χ1n) is 11.2. The van der Waals surface area contributed by atoms with Crippen molar-refractivity contribution >= 4 is 11.6 Å². The molecule has 1 aliphatic rings. The van der Waals surface area contributed by atoms with Gasteiger partial charge in [-0.05, 0) is 50.7 Å². The lowest BCUT2D eigenvalue weighted by Gasteiger charge is -2.24. The van der Waals surface area contributed by atoms with Gasteiger partial charge >= 0.3 is 0 Å². The van der Waals surface area contributed by atoms with Crippen LogP contribution in [0.15, 0.2) is 17.8 Å². The quantitative estimate of drug-likeness (QED) is 0.434. The highest BCUT2D eigenvalue weighted by Crippen LogP contribution is 2.27. The minimum Gasteiger partial charge on any atom is -0.487 e. The van der Waals surface area contributed by atoms with E-state index >= 15 is 0 Å². The number of unbranched alkanes of at least 4 members (excludes halogenated alkanes) is 1. The number of amides is 1. The fraction of sp³-hybridized carbons (Fsp3) is 0.609. The van der Waals surface area contributed by atoms with Crippen molar-refractivity contribution in [3.05, 3.63) is 29.2 Å². The smallest absolute Gasteiger partial charge is 0.222 e. The van der Waals surface area contributed by atoms with Crippen LogP contribution in [0.25, 0.3) is 5.70 Å². The molecule has 1 aromatic rings. The molecule has 31 heavy (non-hydrogen) atoms. The van der Waals surface area contributed by atoms with Crippen molar-refractivity contribution in [2.75, 3.05) is 20.6 Å². The average molecular weight is 429 g/mol. The standard InChI is InChI=1S/C23H36N6O2/c1-4-5-15-28(2)22(30)14-12-20(29(3)26)23(25)18-11-13-21(19(16-24)27-18)31-17-9-7-6-8-10-17/h11,13,17H,4-10,12,14-15,25-26H2,1-3H3/b23-20-. The zero-order valence-corrected chi connectivity index (χ0v) is 19.1. The van der Waals surface area contributed by atoms with Crippen LogP contribution in [0.1, 0.15) is 76.1 Å². The van der Waals surface area contributed by atoms with Crippen LogP contribution in [-0.2, 0) is 4.79 Å². The van der Waals surface area contributed by atoms with Crippen molar-refractivity contribution < 1.29 is 9.53 Å². The van der Waals surface area contributed by atoms with Crippen LogP contribution in [-0.4, -0.2) is 47.5 Å². The summed E-state index contributed by atoms with van der Waals surface area (Å²) in [6.07, 6.45) is 8.34. The highest BCUT2D eigenvalue weighted by Gasteiger charge is 2.19. The molecule has 0 aromatic carbocycles. The topological polar surface area (TPSA) is 121 Å². The molecule has 1 fully saturated rings. The fourth-order valence-electron chi connectivity index (χ4n) is 3.72. The van der Waals surface area contributed by atoms with E-state index in [-0.39, 0.29) is 17.7 Å². The van der Waals surface area contributed by atoms with Crippen LogP contribution < -0.4 is 16.3 Å². The van der Waals surface area contributed by atoms with Gasteiger partial charge in [-0.2, -0.15) is 5.26 Å². The molecule has 0 radical (unpaired) electrons. The van der Waals surface area contributed by atoms with Gasteiger partial charge in [0.05, 0.1) is 23.2 Å². The molecule has 1 aromatic heterocycles. The lowest BCUT2D eigenvalue weighted by molar-refractivity contribution is -0.129. The number of allylic oxidation sites excluding steroid dienone is 1. The number of nitrogens with two attached hydrogens (primary N) is 2. The van der Waals surface area contributed by atoms with E-state index in [0.29, 0.717) is 35.7 Å². The Labute approximate surface area is 185 Å². The molecule has 1 heterocycles. The summed E-state index contributed by atoms with van der Waals surface area (Å²) >= 11 is 0. The summed E-state index contributed by atoms with van der Waals surface area (Å²) in [5.41, 5.74) is 7.98. The number of ether oxygens (including phenoxy) is 1. The van der Waals surface area contributed by atoms with Crippen LogP contribution in [0.5, 0.6) is 5.75 Å². The normalized spacial score (nSPS) is 15.1. The van der Waals surface area contributed by atoms with Crippen molar-refractivity contribution in [3.63, 3.8) is 0 Å². The highest BCUT2D eigenvalue weighted by molar-refractivity contribution is 5.76. The third kappa shape index (κ3) is 7.14. The van der Waals surface area contributed by atoms with Gasteiger partial charge in [0.1, 0.15) is 6.07 Å². The van der Waals surface area contributed by atoms with Gasteiger partial charge in [0.2, 0.25) is 5.91 Å². The van der Waals surface area contributed by atoms with Crippen LogP contribution in [0.2, 0.25) is 0 Å². The van der Waals surface area contributed by atoms with E-state index in [1.807, 2.05) is 7.05 Å². The molecule has 0 unspecified atom stereocenters. The number of carbonyl (C=O) groups excluding carboxylic acids is 1. The predicted octanol–water partition coefficient (Wildman–Crippen LogP) is 3.14. The maximum Gasteiger partial charge on any atom is 0.222 e. The number of hydrogen-bond donors (Lipinski definition) is 2. The molecular formula is C23H36N6O2. The first-order valence-corrected chi connectivity index (χ1v) is 11.2. The summed E-state index contributed by atoms with van der Waals surface area (Å²) in [4.78, 5) is 18.5. The molecule has 0 spiro atoms. The number of rotatable bonds is 10. The van der Waals surface area contributed by atoms with Crippen LogP contribution in [0.4, 0.5) is 0 Å². The Morgan fingerprint density at radius 3 is 2.58 bits per heavy atom. The third-order valence-corrected chi connectivity index (χ3v) is 5.67. The molecule has 1 aliphatic carbocycles. The van der Waals surface area contributed by atoms with Gasteiger partial charge < -0.3 is 20.4 Å². The molecule has 0 saturated heterocycles. The second-order valence-corrected chi connectivity index (χ2v) is 8.17. The van der Waals surface area contributed by atoms with E-state index in [0.717, 1.165) is 45.1 Å². The minimum absolute atomic E-state index is 0.0440. The Kier molecular flexibility index (Phi) is 9.60. The van der Waals surface area contributed by atoms with E-state index in [1.165, 1.54) is 11.4 Å². The maximum absolute atomic E-state index is 12.4. The van der Waals surface area contributed by atoms with Gasteiger partial charge in [0.25, 0.3) is 0 Å². The number of nitriles is 1. The van der Waals surface area contributed by atoms with E-state index < -0.39 is 0 Å². The predicted molar refractivity (Wildman–Crippen MR) is 121 cm³/mol. The summed E-state index contributed by atoms with van der Waals surface area (Å²) in [5, 5.41) is 11.0. The van der Waals surface area contributed by atoms with Crippen molar-refractivity contribution in [2.24, 2.45) is 11.6 Å². The number of carbonyl (C=O) groups is 1. The summed E-state index contributed by atoms with van der Waals surface area (Å²) < 4.78 is 6.03. The molecule has 170 valence electrons. The molecular weight excluding hydrogens is 392 g/mol. The molecule has 0 aliphatic heterocycles. The molecule has 0 atom stereocenters. The Morgan fingerprint density at radius 1 is 1.26 bits per heavy atom. The molecule has 0 bridgehead atoms. The molecule has 2 rings (SSSR count). The van der Waals surface area contributed by atoms with Crippen LogP contribution in [0, 0.1) is 11.3 Å². The summed E-state index contributed by atoms with van der Waals surface area (Å²) in [7, 11) is 3.49. The lowest BCUT2D eigenvalue weighted by atomic mass is 9.98. The Bertz CT molecular complexity index is 809. The number of pyridine rings is 1. The highest BCUT2D eigenvalue weighted by atomic mass is 16.5. The van der Waals surface area contributed by atoms with Crippen molar-refractivity contribution in [2.45, 2.75) is 70.8 Å². The largest absolute Gasteiger partial charge is 0.487 e. The Morgan fingerprint density at radius 2 is 1.97 bits per heavy atom. The molecule has 1 amide bonds. The van der Waals surface area contributed by atoms with Crippen LogP contribution >= 0.6 is 0 Å². The van der Waals surface area contributed by atoms with Crippen molar-refractivity contribution in [1.82, 2.24) is 14.9 Å². The number of hydrogen-bond acceptors (Lipinski definition) is 7. The monoisotopic (exact) mass is 428 g/mol. The second kappa shape index (κ2) is 12.2. The molecule has 1 saturated carbocycles. The Hall–Kier alpha value is -2.79. The van der Waals surface area contributed by atoms with Crippen molar-refractivity contribution in [1.29, 1.82) is 5.26 Å². The Balaban J connectivity index is 2.16. The van der Waals surface area contributed by atoms with Gasteiger partial charge in [0, 0.05) is 27.1 Å². The van der Waals surface area contributed by atoms with Gasteiger partial charge in [-0.3, -0.25) is 4.79 Å². The molecule has 8 nitrogen and oxygen atoms in total. The molecule has 8 heteroatoms. The van der Waals surface area contributed by atoms with Gasteiger partial charge in [-0.25, -0.2) is 10.8 Å². The van der Waals surface area contributed by atoms with Crippen molar-refractivity contribution in [3.8, 4) is 11.8 Å². The van der Waals surface area contributed by atoms with E-state index in [4.69, 9.17) is 16.3 Å². The fourth-order valence-corrected chi connectivity index (χ4v) is 3.72. The minimum atomic E-state index is 0.0440. The first kappa shape index (κ1) is 24.5. The van der Waals surface area contributed by atoms with Crippen LogP contribution in [0.3, 0.4) is 0 Å². The van der Waals surface area contributed by atoms with Gasteiger partial charge in [-0.15, -0.1) is 0 Å². The summed E-state index contributed by atoms with van der Waals surface area (Å²) in [6, 6.07) is 5.61. The number of aromatic nitrogens is 1. The molecule has 4 N–H and O–H groups in total. The number of hydrazine groups is 1. The summed E-state index contributed by atoms with van der Waals surface area (Å²) in [5.74, 6) is 6.53. The summed E-state index contributed by atoms with van der Waals surface area (Å²) in [6.45, 7) is 2.83. The lowest BCUT2D eigenvalue weighted by Crippen LogP contribution is -2.31. The van der Waals surface area contributed by atoms with E-state index in [9.17, 15) is 10.1 Å². The average Bonchev–Trinajstić information content (AvgIpc) is 2.77. The van der Waals surface area contributed by atoms with Gasteiger partial charge in [-0.1, -0.05) is 19.8 Å².